The monoisotopic (exact) mass is 404 g/mol. The van der Waals surface area contributed by atoms with Gasteiger partial charge in [0.1, 0.15) is 0 Å². The van der Waals surface area contributed by atoms with Crippen molar-refractivity contribution < 1.29 is 9.59 Å². The Hall–Kier alpha value is -3.41. The fourth-order valence-corrected chi connectivity index (χ4v) is 3.14. The largest absolute Gasteiger partial charge is 0.356 e. The van der Waals surface area contributed by atoms with E-state index in [0.29, 0.717) is 19.6 Å². The van der Waals surface area contributed by atoms with Crippen LogP contribution in [0.15, 0.2) is 66.9 Å². The van der Waals surface area contributed by atoms with Gasteiger partial charge in [-0.15, -0.1) is 0 Å². The lowest BCUT2D eigenvalue weighted by molar-refractivity contribution is -0.126. The van der Waals surface area contributed by atoms with E-state index in [1.165, 1.54) is 0 Å². The van der Waals surface area contributed by atoms with Gasteiger partial charge in [-0.25, -0.2) is 0 Å². The molecule has 0 saturated heterocycles. The lowest BCUT2D eigenvalue weighted by Gasteiger charge is -2.06. The molecule has 0 aliphatic carbocycles. The highest BCUT2D eigenvalue weighted by atomic mass is 16.2. The fourth-order valence-electron chi connectivity index (χ4n) is 3.14. The third-order valence-electron chi connectivity index (χ3n) is 4.70. The van der Waals surface area contributed by atoms with Crippen LogP contribution in [-0.2, 0) is 22.7 Å². The Morgan fingerprint density at radius 3 is 2.20 bits per heavy atom. The average Bonchev–Trinajstić information content (AvgIpc) is 3.18. The molecule has 6 heteroatoms. The number of nitrogens with one attached hydrogen (secondary N) is 2. The van der Waals surface area contributed by atoms with Gasteiger partial charge in [-0.1, -0.05) is 67.6 Å². The zero-order chi connectivity index (χ0) is 21.2. The first kappa shape index (κ1) is 21.3. The number of aromatic nitrogens is 2. The number of benzene rings is 2. The molecule has 3 rings (SSSR count). The van der Waals surface area contributed by atoms with Gasteiger partial charge in [0.05, 0.1) is 12.2 Å². The zero-order valence-corrected chi connectivity index (χ0v) is 17.3. The Labute approximate surface area is 177 Å². The maximum atomic E-state index is 12.2. The Bertz CT molecular complexity index is 952. The van der Waals surface area contributed by atoms with Crippen molar-refractivity contribution in [2.24, 2.45) is 0 Å². The lowest BCUT2D eigenvalue weighted by Crippen LogP contribution is -2.28. The van der Waals surface area contributed by atoms with Crippen LogP contribution < -0.4 is 10.6 Å². The first-order valence-corrected chi connectivity index (χ1v) is 10.3. The second-order valence-electron chi connectivity index (χ2n) is 7.18. The molecule has 0 aliphatic rings. The molecule has 30 heavy (non-hydrogen) atoms. The first-order valence-electron chi connectivity index (χ1n) is 10.3. The van der Waals surface area contributed by atoms with Gasteiger partial charge >= 0.3 is 0 Å². The minimum Gasteiger partial charge on any atom is -0.356 e. The van der Waals surface area contributed by atoms with E-state index in [0.717, 1.165) is 28.8 Å². The van der Waals surface area contributed by atoms with Crippen molar-refractivity contribution in [2.45, 2.75) is 39.3 Å². The Morgan fingerprint density at radius 2 is 1.53 bits per heavy atom. The van der Waals surface area contributed by atoms with Crippen molar-refractivity contribution in [3.05, 3.63) is 78.0 Å². The van der Waals surface area contributed by atoms with Gasteiger partial charge in [-0.3, -0.25) is 14.3 Å². The predicted octanol–water partition coefficient (Wildman–Crippen LogP) is 3.52. The van der Waals surface area contributed by atoms with E-state index in [1.54, 1.807) is 0 Å². The van der Waals surface area contributed by atoms with Crippen molar-refractivity contribution in [3.63, 3.8) is 0 Å². The highest BCUT2D eigenvalue weighted by Crippen LogP contribution is 2.22. The molecular weight excluding hydrogens is 376 g/mol. The highest BCUT2D eigenvalue weighted by molar-refractivity contribution is 5.83. The van der Waals surface area contributed by atoms with E-state index in [2.05, 4.69) is 22.8 Å². The summed E-state index contributed by atoms with van der Waals surface area (Å²) in [6, 6.07) is 20.1. The maximum Gasteiger partial charge on any atom is 0.220 e. The van der Waals surface area contributed by atoms with E-state index < -0.39 is 0 Å². The lowest BCUT2D eigenvalue weighted by atomic mass is 10.1. The van der Waals surface area contributed by atoms with E-state index in [-0.39, 0.29) is 24.7 Å². The third-order valence-corrected chi connectivity index (χ3v) is 4.70. The van der Waals surface area contributed by atoms with E-state index in [1.807, 2.05) is 66.3 Å². The molecule has 0 saturated carbocycles. The molecule has 156 valence electrons. The molecule has 6 nitrogen and oxygen atoms in total. The number of hydrogen-bond donors (Lipinski definition) is 2. The molecule has 0 aliphatic heterocycles. The third kappa shape index (κ3) is 6.30. The van der Waals surface area contributed by atoms with Crippen LogP contribution in [0.3, 0.4) is 0 Å². The number of amides is 2. The molecule has 0 radical (unpaired) electrons. The maximum absolute atomic E-state index is 12.2. The van der Waals surface area contributed by atoms with Crippen LogP contribution in [0.25, 0.3) is 11.3 Å². The smallest absolute Gasteiger partial charge is 0.220 e. The van der Waals surface area contributed by atoms with Crippen LogP contribution in [0.5, 0.6) is 0 Å². The number of rotatable bonds is 10. The van der Waals surface area contributed by atoms with Crippen LogP contribution in [0, 0.1) is 0 Å². The second-order valence-corrected chi connectivity index (χ2v) is 7.18. The second kappa shape index (κ2) is 11.0. The summed E-state index contributed by atoms with van der Waals surface area (Å²) in [6.07, 6.45) is 3.23. The van der Waals surface area contributed by atoms with Crippen LogP contribution in [0.4, 0.5) is 0 Å². The van der Waals surface area contributed by atoms with Gasteiger partial charge in [0.2, 0.25) is 11.8 Å². The predicted molar refractivity (Wildman–Crippen MR) is 118 cm³/mol. The summed E-state index contributed by atoms with van der Waals surface area (Å²) >= 11 is 0. The van der Waals surface area contributed by atoms with E-state index in [9.17, 15) is 9.59 Å². The van der Waals surface area contributed by atoms with E-state index >= 15 is 0 Å². The molecule has 1 aromatic heterocycles. The Balaban J connectivity index is 1.66. The molecule has 0 bridgehead atoms. The normalized spacial score (nSPS) is 10.6. The van der Waals surface area contributed by atoms with Gasteiger partial charge < -0.3 is 10.6 Å². The van der Waals surface area contributed by atoms with Gasteiger partial charge in [0.15, 0.2) is 0 Å². The molecule has 2 amide bonds. The number of nitrogens with zero attached hydrogens (tertiary/aromatic N) is 2. The summed E-state index contributed by atoms with van der Waals surface area (Å²) in [6.45, 7) is 3.66. The number of carbonyl (C=O) groups excluding carboxylic acids is 2. The van der Waals surface area contributed by atoms with E-state index in [4.69, 9.17) is 5.10 Å². The molecule has 3 aromatic rings. The standard InChI is InChI=1S/C24H28N4O2/c1-2-15-25-22(29)13-14-23(30)26-16-21-18-28(17-19-9-5-3-6-10-19)27-24(21)20-11-7-4-8-12-20/h3-12,18H,2,13-17H2,1H3,(H,25,29)(H,26,30). The molecule has 2 aromatic carbocycles. The summed E-state index contributed by atoms with van der Waals surface area (Å²) in [5.41, 5.74) is 3.97. The fraction of sp³-hybridized carbons (Fsp3) is 0.292. The van der Waals surface area contributed by atoms with Crippen LogP contribution >= 0.6 is 0 Å². The molecule has 0 atom stereocenters. The summed E-state index contributed by atoms with van der Waals surface area (Å²) in [5.74, 6) is -0.232. The van der Waals surface area contributed by atoms with Crippen molar-refractivity contribution in [2.75, 3.05) is 6.54 Å². The van der Waals surface area contributed by atoms with Crippen molar-refractivity contribution in [3.8, 4) is 11.3 Å². The Kier molecular flexibility index (Phi) is 7.78. The summed E-state index contributed by atoms with van der Waals surface area (Å²) in [5, 5.41) is 10.5. The minimum absolute atomic E-state index is 0.0901. The van der Waals surface area contributed by atoms with Gasteiger partial charge in [0.25, 0.3) is 0 Å². The highest BCUT2D eigenvalue weighted by Gasteiger charge is 2.13. The summed E-state index contributed by atoms with van der Waals surface area (Å²) in [7, 11) is 0. The first-order chi connectivity index (χ1) is 14.7. The van der Waals surface area contributed by atoms with Gasteiger partial charge in [0, 0.05) is 43.3 Å². The molecule has 0 unspecified atom stereocenters. The quantitative estimate of drug-likeness (QED) is 0.543. The van der Waals surface area contributed by atoms with Crippen molar-refractivity contribution in [1.29, 1.82) is 0 Å². The molecule has 0 fully saturated rings. The summed E-state index contributed by atoms with van der Waals surface area (Å²) in [4.78, 5) is 23.9. The van der Waals surface area contributed by atoms with Crippen LogP contribution in [0.1, 0.15) is 37.3 Å². The number of hydrogen-bond acceptors (Lipinski definition) is 3. The van der Waals surface area contributed by atoms with Gasteiger partial charge in [-0.2, -0.15) is 5.10 Å². The minimum atomic E-state index is -0.142. The van der Waals surface area contributed by atoms with Crippen molar-refractivity contribution in [1.82, 2.24) is 20.4 Å². The average molecular weight is 405 g/mol. The van der Waals surface area contributed by atoms with Crippen LogP contribution in [0.2, 0.25) is 0 Å². The van der Waals surface area contributed by atoms with Crippen molar-refractivity contribution >= 4 is 11.8 Å². The molecular formula is C24H28N4O2. The molecule has 0 spiro atoms. The Morgan fingerprint density at radius 1 is 0.900 bits per heavy atom. The van der Waals surface area contributed by atoms with Gasteiger partial charge in [-0.05, 0) is 12.0 Å². The topological polar surface area (TPSA) is 76.0 Å². The zero-order valence-electron chi connectivity index (χ0n) is 17.3. The molecule has 1 heterocycles. The SMILES string of the molecule is CCCNC(=O)CCC(=O)NCc1cn(Cc2ccccc2)nc1-c1ccccc1. The van der Waals surface area contributed by atoms with Crippen LogP contribution in [-0.4, -0.2) is 28.1 Å². The number of carbonyl (C=O) groups is 2. The summed E-state index contributed by atoms with van der Waals surface area (Å²) < 4.78 is 1.90. The molecule has 2 N–H and O–H groups in total.